The Morgan fingerprint density at radius 1 is 0.963 bits per heavy atom. The molecular formula is C23H22N2O2. The molecule has 0 bridgehead atoms. The minimum Gasteiger partial charge on any atom is -0.454 e. The summed E-state index contributed by atoms with van der Waals surface area (Å²) >= 11 is 0. The molecule has 0 N–H and O–H groups in total. The Balaban J connectivity index is 1.63. The van der Waals surface area contributed by atoms with E-state index in [-0.39, 0.29) is 0 Å². The van der Waals surface area contributed by atoms with E-state index in [1.807, 2.05) is 19.1 Å². The second-order valence-corrected chi connectivity index (χ2v) is 7.25. The third-order valence-corrected chi connectivity index (χ3v) is 5.44. The molecule has 0 aliphatic carbocycles. The van der Waals surface area contributed by atoms with Crippen molar-refractivity contribution in [1.82, 2.24) is 9.88 Å². The van der Waals surface area contributed by atoms with Crippen molar-refractivity contribution in [2.24, 2.45) is 0 Å². The van der Waals surface area contributed by atoms with E-state index in [1.54, 1.807) is 0 Å². The van der Waals surface area contributed by atoms with Gasteiger partial charge in [0.1, 0.15) is 0 Å². The predicted molar refractivity (Wildman–Crippen MR) is 108 cm³/mol. The molecule has 136 valence electrons. The number of rotatable bonds is 3. The first-order chi connectivity index (χ1) is 13.2. The number of fused-ring (bicyclic) bond motifs is 2. The molecule has 3 heterocycles. The first kappa shape index (κ1) is 16.2. The Hall–Kier alpha value is -3.01. The normalized spacial score (nSPS) is 15.5. The number of aryl methyl sites for hydroxylation is 1. The quantitative estimate of drug-likeness (QED) is 0.659. The van der Waals surface area contributed by atoms with Gasteiger partial charge in [-0.3, -0.25) is 4.98 Å². The minimum atomic E-state index is 0.291. The Morgan fingerprint density at radius 3 is 2.56 bits per heavy atom. The number of ether oxygens (including phenoxy) is 2. The first-order valence-electron chi connectivity index (χ1n) is 9.45. The van der Waals surface area contributed by atoms with Gasteiger partial charge >= 0.3 is 0 Å². The summed E-state index contributed by atoms with van der Waals surface area (Å²) in [7, 11) is 0. The van der Waals surface area contributed by atoms with Crippen LogP contribution in [0.5, 0.6) is 11.5 Å². The highest BCUT2D eigenvalue weighted by Crippen LogP contribution is 2.37. The van der Waals surface area contributed by atoms with Crippen LogP contribution in [0.2, 0.25) is 0 Å². The Morgan fingerprint density at radius 2 is 1.70 bits per heavy atom. The van der Waals surface area contributed by atoms with Crippen molar-refractivity contribution in [2.45, 2.75) is 19.8 Å². The van der Waals surface area contributed by atoms with Crippen LogP contribution >= 0.6 is 0 Å². The number of benzene rings is 2. The fraction of sp³-hybridized carbons (Fsp3) is 0.261. The summed E-state index contributed by atoms with van der Waals surface area (Å²) in [6, 6.07) is 14.7. The van der Waals surface area contributed by atoms with Gasteiger partial charge in [-0.05, 0) is 61.2 Å². The lowest BCUT2D eigenvalue weighted by molar-refractivity contribution is 0.174. The molecule has 5 rings (SSSR count). The summed E-state index contributed by atoms with van der Waals surface area (Å²) in [4.78, 5) is 7.12. The summed E-state index contributed by atoms with van der Waals surface area (Å²) in [6.45, 7) is 8.92. The van der Waals surface area contributed by atoms with Crippen LogP contribution in [0.15, 0.2) is 49.0 Å². The standard InChI is InChI=1S/C23H22N2O2/c1-15-11-19(16(2)25-9-3-4-10-25)20-12-17(5-7-21(20)24-15)18-6-8-22-23(13-18)27-14-26-22/h5-8,11-13H,2-4,9-10,14H2,1H3. The Bertz CT molecular complexity index is 1050. The van der Waals surface area contributed by atoms with Gasteiger partial charge in [-0.1, -0.05) is 18.7 Å². The molecule has 3 aromatic rings. The number of hydrogen-bond acceptors (Lipinski definition) is 4. The molecule has 0 unspecified atom stereocenters. The predicted octanol–water partition coefficient (Wildman–Crippen LogP) is 5.01. The van der Waals surface area contributed by atoms with Crippen molar-refractivity contribution < 1.29 is 9.47 Å². The van der Waals surface area contributed by atoms with Crippen LogP contribution in [-0.2, 0) is 0 Å². The lowest BCUT2D eigenvalue weighted by Gasteiger charge is -2.22. The second-order valence-electron chi connectivity index (χ2n) is 7.25. The van der Waals surface area contributed by atoms with Crippen molar-refractivity contribution in [3.8, 4) is 22.6 Å². The number of hydrogen-bond donors (Lipinski definition) is 0. The van der Waals surface area contributed by atoms with Crippen LogP contribution in [0.4, 0.5) is 0 Å². The van der Waals surface area contributed by atoms with Crippen LogP contribution in [0.3, 0.4) is 0 Å². The van der Waals surface area contributed by atoms with Crippen LogP contribution in [0.25, 0.3) is 27.7 Å². The van der Waals surface area contributed by atoms with E-state index in [0.717, 1.165) is 58.0 Å². The third kappa shape index (κ3) is 2.81. The summed E-state index contributed by atoms with van der Waals surface area (Å²) in [6.07, 6.45) is 2.48. The molecule has 1 aromatic heterocycles. The third-order valence-electron chi connectivity index (χ3n) is 5.44. The van der Waals surface area contributed by atoms with Gasteiger partial charge in [-0.2, -0.15) is 0 Å². The van der Waals surface area contributed by atoms with E-state index < -0.39 is 0 Å². The highest BCUT2D eigenvalue weighted by Gasteiger charge is 2.18. The highest BCUT2D eigenvalue weighted by molar-refractivity contribution is 5.94. The Kier molecular flexibility index (Phi) is 3.78. The highest BCUT2D eigenvalue weighted by atomic mass is 16.7. The second kappa shape index (κ2) is 6.31. The van der Waals surface area contributed by atoms with Gasteiger partial charge in [0.05, 0.1) is 5.52 Å². The van der Waals surface area contributed by atoms with Crippen LogP contribution < -0.4 is 9.47 Å². The van der Waals surface area contributed by atoms with Gasteiger partial charge in [0.2, 0.25) is 6.79 Å². The van der Waals surface area contributed by atoms with Gasteiger partial charge in [0, 0.05) is 35.4 Å². The maximum Gasteiger partial charge on any atom is 0.231 e. The smallest absolute Gasteiger partial charge is 0.231 e. The SMILES string of the molecule is C=C(c1cc(C)nc2ccc(-c3ccc4c(c3)OCO4)cc12)N1CCCC1. The summed E-state index contributed by atoms with van der Waals surface area (Å²) in [5.41, 5.74) is 6.57. The first-order valence-corrected chi connectivity index (χ1v) is 9.45. The average Bonchev–Trinajstić information content (AvgIpc) is 3.37. The molecule has 4 nitrogen and oxygen atoms in total. The van der Waals surface area contributed by atoms with Gasteiger partial charge in [0.15, 0.2) is 11.5 Å². The van der Waals surface area contributed by atoms with Crippen LogP contribution in [0, 0.1) is 6.92 Å². The van der Waals surface area contributed by atoms with Crippen molar-refractivity contribution in [1.29, 1.82) is 0 Å². The minimum absolute atomic E-state index is 0.291. The van der Waals surface area contributed by atoms with Crippen LogP contribution in [-0.4, -0.2) is 29.8 Å². The summed E-state index contributed by atoms with van der Waals surface area (Å²) in [5.74, 6) is 1.61. The largest absolute Gasteiger partial charge is 0.454 e. The zero-order valence-electron chi connectivity index (χ0n) is 15.5. The molecular weight excluding hydrogens is 336 g/mol. The van der Waals surface area contributed by atoms with E-state index in [2.05, 4.69) is 41.8 Å². The number of nitrogens with zero attached hydrogens (tertiary/aromatic N) is 2. The van der Waals surface area contributed by atoms with E-state index in [1.165, 1.54) is 18.4 Å². The molecule has 4 heteroatoms. The molecule has 27 heavy (non-hydrogen) atoms. The van der Waals surface area contributed by atoms with Gasteiger partial charge < -0.3 is 14.4 Å². The zero-order chi connectivity index (χ0) is 18.4. The summed E-state index contributed by atoms with van der Waals surface area (Å²) in [5, 5.41) is 1.15. The average molecular weight is 358 g/mol. The van der Waals surface area contributed by atoms with E-state index in [0.29, 0.717) is 6.79 Å². The fourth-order valence-corrected chi connectivity index (χ4v) is 4.01. The number of likely N-dealkylation sites (tertiary alicyclic amines) is 1. The molecule has 1 saturated heterocycles. The molecule has 0 saturated carbocycles. The topological polar surface area (TPSA) is 34.6 Å². The monoisotopic (exact) mass is 358 g/mol. The molecule has 0 atom stereocenters. The van der Waals surface area contributed by atoms with E-state index in [4.69, 9.17) is 14.5 Å². The molecule has 2 aliphatic rings. The number of pyridine rings is 1. The van der Waals surface area contributed by atoms with Crippen LogP contribution in [0.1, 0.15) is 24.1 Å². The van der Waals surface area contributed by atoms with Crippen molar-refractivity contribution in [2.75, 3.05) is 19.9 Å². The maximum absolute atomic E-state index is 5.54. The van der Waals surface area contributed by atoms with Crippen molar-refractivity contribution in [3.63, 3.8) is 0 Å². The lowest BCUT2D eigenvalue weighted by atomic mass is 9.98. The molecule has 0 amide bonds. The summed E-state index contributed by atoms with van der Waals surface area (Å²) < 4.78 is 11.0. The molecule has 2 aliphatic heterocycles. The lowest BCUT2D eigenvalue weighted by Crippen LogP contribution is -2.17. The van der Waals surface area contributed by atoms with Gasteiger partial charge in [-0.25, -0.2) is 0 Å². The molecule has 0 spiro atoms. The van der Waals surface area contributed by atoms with E-state index >= 15 is 0 Å². The molecule has 0 radical (unpaired) electrons. The van der Waals surface area contributed by atoms with Crippen molar-refractivity contribution >= 4 is 16.6 Å². The van der Waals surface area contributed by atoms with Crippen molar-refractivity contribution in [3.05, 3.63) is 60.3 Å². The molecule has 1 fully saturated rings. The van der Waals surface area contributed by atoms with Gasteiger partial charge in [0.25, 0.3) is 0 Å². The zero-order valence-corrected chi connectivity index (χ0v) is 15.5. The fourth-order valence-electron chi connectivity index (χ4n) is 4.01. The van der Waals surface area contributed by atoms with E-state index in [9.17, 15) is 0 Å². The molecule has 2 aromatic carbocycles. The van der Waals surface area contributed by atoms with Gasteiger partial charge in [-0.15, -0.1) is 0 Å². The Labute approximate surface area is 159 Å². The number of aromatic nitrogens is 1. The maximum atomic E-state index is 5.54.